The molecule has 0 saturated carbocycles. The first kappa shape index (κ1) is 10.6. The summed E-state index contributed by atoms with van der Waals surface area (Å²) in [5, 5.41) is 3.63. The van der Waals surface area contributed by atoms with Gasteiger partial charge in [0.05, 0.1) is 5.69 Å². The van der Waals surface area contributed by atoms with Gasteiger partial charge in [0.1, 0.15) is 6.67 Å². The number of hydrogen-bond donors (Lipinski definition) is 0. The predicted molar refractivity (Wildman–Crippen MR) is 67.4 cm³/mol. The van der Waals surface area contributed by atoms with Gasteiger partial charge in [0, 0.05) is 29.4 Å². The highest BCUT2D eigenvalue weighted by molar-refractivity contribution is 5.70. The van der Waals surface area contributed by atoms with Crippen molar-refractivity contribution in [2.75, 3.05) is 11.6 Å². The summed E-state index contributed by atoms with van der Waals surface area (Å²) in [6.07, 6.45) is 4.08. The third kappa shape index (κ3) is 1.65. The molecule has 6 nitrogen and oxygen atoms in total. The summed E-state index contributed by atoms with van der Waals surface area (Å²) in [4.78, 5) is 13.4. The molecule has 1 aliphatic heterocycles. The molecule has 0 spiro atoms. The van der Waals surface area contributed by atoms with Crippen molar-refractivity contribution in [3.63, 3.8) is 0 Å². The van der Waals surface area contributed by atoms with Crippen molar-refractivity contribution < 1.29 is 0 Å². The molecular formula is C12H10N6. The zero-order valence-corrected chi connectivity index (χ0v) is 9.56. The smallest absolute Gasteiger partial charge is 0.155 e. The number of hydrogen-bond acceptors (Lipinski definition) is 4. The highest BCUT2D eigenvalue weighted by Crippen LogP contribution is 2.35. The standard InChI is InChI=1S/C12H10N6/c13-17-16-8-18-11-4-2-1-3-9(11)7-10-12(18)15-6-5-14-10/h1-6H,7-8H2. The maximum Gasteiger partial charge on any atom is 0.155 e. The number of fused-ring (bicyclic) bond motifs is 2. The number of para-hydroxylation sites is 1. The van der Waals surface area contributed by atoms with Gasteiger partial charge in [0.2, 0.25) is 0 Å². The summed E-state index contributed by atoms with van der Waals surface area (Å²) < 4.78 is 0. The normalized spacial score (nSPS) is 12.3. The number of nitrogens with zero attached hydrogens (tertiary/aromatic N) is 6. The number of rotatable bonds is 2. The number of aromatic nitrogens is 2. The van der Waals surface area contributed by atoms with Crippen LogP contribution in [0.5, 0.6) is 0 Å². The van der Waals surface area contributed by atoms with Gasteiger partial charge in [0.25, 0.3) is 0 Å². The van der Waals surface area contributed by atoms with Gasteiger partial charge < -0.3 is 4.90 Å². The van der Waals surface area contributed by atoms with E-state index < -0.39 is 0 Å². The Labute approximate surface area is 104 Å². The lowest BCUT2D eigenvalue weighted by molar-refractivity contribution is 0.872. The Hall–Kier alpha value is -2.59. The van der Waals surface area contributed by atoms with E-state index in [9.17, 15) is 0 Å². The van der Waals surface area contributed by atoms with Gasteiger partial charge in [0.15, 0.2) is 5.82 Å². The molecular weight excluding hydrogens is 228 g/mol. The summed E-state index contributed by atoms with van der Waals surface area (Å²) in [6.45, 7) is 0.221. The van der Waals surface area contributed by atoms with Gasteiger partial charge in [-0.3, -0.25) is 4.98 Å². The van der Waals surface area contributed by atoms with Crippen LogP contribution in [0.4, 0.5) is 11.5 Å². The molecule has 0 bridgehead atoms. The largest absolute Gasteiger partial charge is 0.319 e. The first-order chi connectivity index (χ1) is 8.90. The molecule has 18 heavy (non-hydrogen) atoms. The van der Waals surface area contributed by atoms with Gasteiger partial charge in [-0.1, -0.05) is 23.3 Å². The van der Waals surface area contributed by atoms with Crippen LogP contribution < -0.4 is 4.90 Å². The maximum atomic E-state index is 8.49. The molecule has 0 radical (unpaired) electrons. The van der Waals surface area contributed by atoms with Gasteiger partial charge in [-0.05, 0) is 17.2 Å². The Balaban J connectivity index is 2.14. The fourth-order valence-corrected chi connectivity index (χ4v) is 2.16. The van der Waals surface area contributed by atoms with Crippen LogP contribution >= 0.6 is 0 Å². The molecule has 1 aliphatic rings. The Morgan fingerprint density at radius 3 is 3.00 bits per heavy atom. The third-order valence-corrected chi connectivity index (χ3v) is 2.92. The van der Waals surface area contributed by atoms with Gasteiger partial charge in [-0.25, -0.2) is 4.98 Å². The predicted octanol–water partition coefficient (Wildman–Crippen LogP) is 2.79. The number of benzene rings is 1. The molecule has 1 aromatic carbocycles. The Morgan fingerprint density at radius 1 is 1.28 bits per heavy atom. The molecule has 0 fully saturated rings. The molecule has 88 valence electrons. The minimum atomic E-state index is 0.221. The maximum absolute atomic E-state index is 8.49. The molecule has 0 amide bonds. The second-order valence-electron chi connectivity index (χ2n) is 3.93. The number of azide groups is 1. The fraction of sp³-hybridized carbons (Fsp3) is 0.167. The van der Waals surface area contributed by atoms with Crippen LogP contribution in [0.15, 0.2) is 41.8 Å². The summed E-state index contributed by atoms with van der Waals surface area (Å²) in [6, 6.07) is 8.01. The van der Waals surface area contributed by atoms with E-state index in [4.69, 9.17) is 5.53 Å². The molecule has 6 heteroatoms. The van der Waals surface area contributed by atoms with Crippen molar-refractivity contribution in [2.24, 2.45) is 5.11 Å². The Kier molecular flexibility index (Phi) is 2.55. The molecule has 1 aromatic heterocycles. The van der Waals surface area contributed by atoms with E-state index in [-0.39, 0.29) is 6.67 Å². The average Bonchev–Trinajstić information content (AvgIpc) is 2.43. The Bertz CT molecular complexity index is 586. The Morgan fingerprint density at radius 2 is 2.11 bits per heavy atom. The van der Waals surface area contributed by atoms with Crippen molar-refractivity contribution in [3.05, 3.63) is 58.4 Å². The fourth-order valence-electron chi connectivity index (χ4n) is 2.16. The van der Waals surface area contributed by atoms with Crippen molar-refractivity contribution in [1.82, 2.24) is 9.97 Å². The lowest BCUT2D eigenvalue weighted by atomic mass is 10.0. The number of anilines is 2. The average molecular weight is 238 g/mol. The monoisotopic (exact) mass is 238 g/mol. The lowest BCUT2D eigenvalue weighted by Crippen LogP contribution is -2.25. The van der Waals surface area contributed by atoms with E-state index in [2.05, 4.69) is 26.1 Å². The molecule has 0 saturated heterocycles. The molecule has 0 unspecified atom stereocenters. The second-order valence-corrected chi connectivity index (χ2v) is 3.93. The van der Waals surface area contributed by atoms with E-state index in [1.54, 1.807) is 12.4 Å². The molecule has 3 rings (SSSR count). The first-order valence-corrected chi connectivity index (χ1v) is 5.56. The molecule has 0 aliphatic carbocycles. The van der Waals surface area contributed by atoms with Crippen LogP contribution in [0.2, 0.25) is 0 Å². The zero-order valence-electron chi connectivity index (χ0n) is 9.56. The van der Waals surface area contributed by atoms with Crippen LogP contribution in [0.25, 0.3) is 10.4 Å². The highest BCUT2D eigenvalue weighted by atomic mass is 15.3. The lowest BCUT2D eigenvalue weighted by Gasteiger charge is -2.29. The van der Waals surface area contributed by atoms with Crippen LogP contribution in [-0.2, 0) is 6.42 Å². The first-order valence-electron chi connectivity index (χ1n) is 5.56. The summed E-state index contributed by atoms with van der Waals surface area (Å²) >= 11 is 0. The van der Waals surface area contributed by atoms with Crippen molar-refractivity contribution >= 4 is 11.5 Å². The van der Waals surface area contributed by atoms with Crippen LogP contribution in [0.3, 0.4) is 0 Å². The minimum absolute atomic E-state index is 0.221. The molecule has 0 N–H and O–H groups in total. The summed E-state index contributed by atoms with van der Waals surface area (Å²) in [5.74, 6) is 0.767. The summed E-state index contributed by atoms with van der Waals surface area (Å²) in [7, 11) is 0. The van der Waals surface area contributed by atoms with Crippen molar-refractivity contribution in [1.29, 1.82) is 0 Å². The van der Waals surface area contributed by atoms with E-state index in [1.165, 1.54) is 5.56 Å². The van der Waals surface area contributed by atoms with Crippen LogP contribution in [0.1, 0.15) is 11.3 Å². The summed E-state index contributed by atoms with van der Waals surface area (Å²) in [5.41, 5.74) is 11.6. The molecule has 2 aromatic rings. The highest BCUT2D eigenvalue weighted by Gasteiger charge is 2.23. The third-order valence-electron chi connectivity index (χ3n) is 2.92. The second kappa shape index (κ2) is 4.35. The SMILES string of the molecule is [N-]=[N+]=NCN1c2ccccc2Cc2nccnc21. The van der Waals surface area contributed by atoms with Gasteiger partial charge in [-0.15, -0.1) is 0 Å². The quantitative estimate of drug-likeness (QED) is 0.458. The van der Waals surface area contributed by atoms with Crippen molar-refractivity contribution in [3.8, 4) is 0 Å². The van der Waals surface area contributed by atoms with E-state index >= 15 is 0 Å². The van der Waals surface area contributed by atoms with Gasteiger partial charge >= 0.3 is 0 Å². The van der Waals surface area contributed by atoms with Gasteiger partial charge in [-0.2, -0.15) is 0 Å². The topological polar surface area (TPSA) is 77.8 Å². The zero-order chi connectivity index (χ0) is 12.4. The van der Waals surface area contributed by atoms with Crippen LogP contribution in [-0.4, -0.2) is 16.6 Å². The minimum Gasteiger partial charge on any atom is -0.319 e. The molecule has 2 heterocycles. The van der Waals surface area contributed by atoms with E-state index in [1.807, 2.05) is 23.1 Å². The van der Waals surface area contributed by atoms with E-state index in [0.29, 0.717) is 0 Å². The van der Waals surface area contributed by atoms with E-state index in [0.717, 1.165) is 23.6 Å². The van der Waals surface area contributed by atoms with Crippen molar-refractivity contribution in [2.45, 2.75) is 6.42 Å². The molecule has 0 atom stereocenters. The van der Waals surface area contributed by atoms with Crippen LogP contribution in [0, 0.1) is 0 Å².